The molecule has 0 aliphatic carbocycles. The SMILES string of the molecule is c1ccc(-c2nc3ccccc3nc2-n2c3c(-c4ccc5sc6ccc7ccccc7c6c5c4)cccc3c3ccc4ccccc4c32)cc1. The minimum atomic E-state index is 0.826. The molecule has 0 radical (unpaired) electrons. The Balaban J connectivity index is 1.31. The molecule has 0 N–H and O–H groups in total. The Labute approximate surface area is 291 Å². The largest absolute Gasteiger partial charge is 0.291 e. The van der Waals surface area contributed by atoms with Crippen LogP contribution in [0.2, 0.25) is 0 Å². The van der Waals surface area contributed by atoms with E-state index in [4.69, 9.17) is 9.97 Å². The zero-order chi connectivity index (χ0) is 32.8. The number of nitrogens with zero attached hydrogens (tertiary/aromatic N) is 3. The standard InChI is InChI=1S/C46H27N3S/c1-2-13-30(14-3-1)43-46(48-39-20-9-8-19-38(39)47-43)49-44-33-16-7-5-12-29(33)21-24-36(44)35-18-10-17-34(45(35)49)31-23-25-40-37(27-31)42-32-15-6-4-11-28(32)22-26-41(42)50-40/h1-27H. The summed E-state index contributed by atoms with van der Waals surface area (Å²) in [5.41, 5.74) is 8.25. The van der Waals surface area contributed by atoms with E-state index in [1.807, 2.05) is 23.5 Å². The second-order valence-electron chi connectivity index (χ2n) is 12.9. The minimum Gasteiger partial charge on any atom is -0.291 e. The Morgan fingerprint density at radius 3 is 1.94 bits per heavy atom. The summed E-state index contributed by atoms with van der Waals surface area (Å²) in [5, 5.41) is 9.95. The number of para-hydroxylation sites is 3. The van der Waals surface area contributed by atoms with E-state index in [2.05, 4.69) is 156 Å². The molecular weight excluding hydrogens is 627 g/mol. The number of rotatable bonds is 3. The van der Waals surface area contributed by atoms with Gasteiger partial charge in [0.25, 0.3) is 0 Å². The van der Waals surface area contributed by atoms with Gasteiger partial charge in [-0.05, 0) is 52.1 Å². The highest BCUT2D eigenvalue weighted by Crippen LogP contribution is 2.45. The first-order valence-electron chi connectivity index (χ1n) is 16.9. The van der Waals surface area contributed by atoms with E-state index in [0.29, 0.717) is 0 Å². The summed E-state index contributed by atoms with van der Waals surface area (Å²) in [6.07, 6.45) is 0. The van der Waals surface area contributed by atoms with Crippen LogP contribution in [0.3, 0.4) is 0 Å². The third kappa shape index (κ3) is 3.97. The van der Waals surface area contributed by atoms with Crippen molar-refractivity contribution >= 4 is 85.9 Å². The molecule has 0 amide bonds. The van der Waals surface area contributed by atoms with Gasteiger partial charge in [0, 0.05) is 47.5 Å². The normalized spacial score (nSPS) is 12.0. The van der Waals surface area contributed by atoms with E-state index in [9.17, 15) is 0 Å². The third-order valence-corrected chi connectivity index (χ3v) is 11.3. The minimum absolute atomic E-state index is 0.826. The predicted octanol–water partition coefficient (Wildman–Crippen LogP) is 12.7. The molecule has 0 aliphatic rings. The van der Waals surface area contributed by atoms with Gasteiger partial charge in [0.05, 0.1) is 22.1 Å². The highest BCUT2D eigenvalue weighted by Gasteiger charge is 2.23. The zero-order valence-corrected chi connectivity index (χ0v) is 27.7. The third-order valence-electron chi connectivity index (χ3n) is 10.2. The molecule has 232 valence electrons. The van der Waals surface area contributed by atoms with Crippen molar-refractivity contribution in [1.29, 1.82) is 0 Å². The van der Waals surface area contributed by atoms with Crippen molar-refractivity contribution < 1.29 is 0 Å². The molecule has 11 aromatic rings. The molecule has 3 aromatic heterocycles. The summed E-state index contributed by atoms with van der Waals surface area (Å²) in [6, 6.07) is 58.8. The first-order valence-corrected chi connectivity index (χ1v) is 17.7. The Morgan fingerprint density at radius 2 is 1.08 bits per heavy atom. The summed E-state index contributed by atoms with van der Waals surface area (Å²) in [4.78, 5) is 10.8. The summed E-state index contributed by atoms with van der Waals surface area (Å²) in [5.74, 6) is 0.826. The lowest BCUT2D eigenvalue weighted by atomic mass is 9.98. The molecular formula is C46H27N3S. The summed E-state index contributed by atoms with van der Waals surface area (Å²) in [7, 11) is 0. The summed E-state index contributed by atoms with van der Waals surface area (Å²) < 4.78 is 5.01. The molecule has 50 heavy (non-hydrogen) atoms. The van der Waals surface area contributed by atoms with E-state index in [-0.39, 0.29) is 0 Å². The molecule has 0 bridgehead atoms. The van der Waals surface area contributed by atoms with Gasteiger partial charge in [-0.1, -0.05) is 133 Å². The lowest BCUT2D eigenvalue weighted by Gasteiger charge is -2.16. The molecule has 0 saturated carbocycles. The number of hydrogen-bond acceptors (Lipinski definition) is 3. The molecule has 4 heteroatoms. The lowest BCUT2D eigenvalue weighted by Crippen LogP contribution is -2.04. The fourth-order valence-corrected chi connectivity index (χ4v) is 9.02. The number of benzene rings is 8. The maximum atomic E-state index is 5.45. The molecule has 0 spiro atoms. The number of thiophene rings is 1. The van der Waals surface area contributed by atoms with Crippen LogP contribution in [0.15, 0.2) is 164 Å². The Hall–Kier alpha value is -6.36. The Morgan fingerprint density at radius 1 is 0.420 bits per heavy atom. The summed E-state index contributed by atoms with van der Waals surface area (Å²) in [6.45, 7) is 0. The van der Waals surface area contributed by atoms with Crippen molar-refractivity contribution in [3.05, 3.63) is 164 Å². The van der Waals surface area contributed by atoms with Gasteiger partial charge in [-0.3, -0.25) is 4.57 Å². The topological polar surface area (TPSA) is 30.7 Å². The van der Waals surface area contributed by atoms with E-state index in [1.54, 1.807) is 0 Å². The van der Waals surface area contributed by atoms with E-state index in [0.717, 1.165) is 39.1 Å². The van der Waals surface area contributed by atoms with Crippen molar-refractivity contribution in [2.45, 2.75) is 0 Å². The number of hydrogen-bond donors (Lipinski definition) is 0. The first-order chi connectivity index (χ1) is 24.8. The van der Waals surface area contributed by atoms with Gasteiger partial charge in [0.2, 0.25) is 0 Å². The van der Waals surface area contributed by atoms with Crippen LogP contribution in [-0.4, -0.2) is 14.5 Å². The van der Waals surface area contributed by atoms with Gasteiger partial charge in [0.1, 0.15) is 5.69 Å². The molecule has 0 aliphatic heterocycles. The molecule has 3 nitrogen and oxygen atoms in total. The van der Waals surface area contributed by atoms with Crippen LogP contribution >= 0.6 is 11.3 Å². The average Bonchev–Trinajstić information content (AvgIpc) is 3.74. The van der Waals surface area contributed by atoms with Gasteiger partial charge in [0.15, 0.2) is 5.82 Å². The van der Waals surface area contributed by atoms with Crippen LogP contribution in [0.4, 0.5) is 0 Å². The van der Waals surface area contributed by atoms with Crippen molar-refractivity contribution in [1.82, 2.24) is 14.5 Å². The van der Waals surface area contributed by atoms with Gasteiger partial charge >= 0.3 is 0 Å². The molecule has 0 saturated heterocycles. The first kappa shape index (κ1) is 27.6. The molecule has 8 aromatic carbocycles. The predicted molar refractivity (Wildman–Crippen MR) is 213 cm³/mol. The lowest BCUT2D eigenvalue weighted by molar-refractivity contribution is 1.08. The van der Waals surface area contributed by atoms with Crippen LogP contribution in [0.5, 0.6) is 0 Å². The van der Waals surface area contributed by atoms with Crippen LogP contribution in [0.25, 0.3) is 103 Å². The monoisotopic (exact) mass is 653 g/mol. The van der Waals surface area contributed by atoms with E-state index in [1.165, 1.54) is 63.6 Å². The molecule has 11 rings (SSSR count). The molecule has 0 unspecified atom stereocenters. The maximum Gasteiger partial charge on any atom is 0.165 e. The average molecular weight is 654 g/mol. The van der Waals surface area contributed by atoms with Crippen LogP contribution < -0.4 is 0 Å². The van der Waals surface area contributed by atoms with Crippen LogP contribution in [0.1, 0.15) is 0 Å². The smallest absolute Gasteiger partial charge is 0.165 e. The fourth-order valence-electron chi connectivity index (χ4n) is 7.92. The van der Waals surface area contributed by atoms with Crippen LogP contribution in [0, 0.1) is 0 Å². The van der Waals surface area contributed by atoms with E-state index < -0.39 is 0 Å². The van der Waals surface area contributed by atoms with Gasteiger partial charge < -0.3 is 0 Å². The highest BCUT2D eigenvalue weighted by molar-refractivity contribution is 7.26. The van der Waals surface area contributed by atoms with Crippen LogP contribution in [-0.2, 0) is 0 Å². The zero-order valence-electron chi connectivity index (χ0n) is 26.8. The highest BCUT2D eigenvalue weighted by atomic mass is 32.1. The van der Waals surface area contributed by atoms with Gasteiger partial charge in [-0.2, -0.15) is 0 Å². The van der Waals surface area contributed by atoms with Crippen molar-refractivity contribution in [3.8, 4) is 28.2 Å². The van der Waals surface area contributed by atoms with Crippen molar-refractivity contribution in [2.75, 3.05) is 0 Å². The Kier molecular flexibility index (Phi) is 5.83. The van der Waals surface area contributed by atoms with Gasteiger partial charge in [-0.25, -0.2) is 9.97 Å². The van der Waals surface area contributed by atoms with Gasteiger partial charge in [-0.15, -0.1) is 11.3 Å². The summed E-state index contributed by atoms with van der Waals surface area (Å²) >= 11 is 1.87. The number of aromatic nitrogens is 3. The fraction of sp³-hybridized carbons (Fsp3) is 0. The van der Waals surface area contributed by atoms with Crippen molar-refractivity contribution in [3.63, 3.8) is 0 Å². The van der Waals surface area contributed by atoms with Crippen molar-refractivity contribution in [2.24, 2.45) is 0 Å². The number of fused-ring (bicyclic) bond motifs is 11. The second kappa shape index (κ2) is 10.6. The quantitative estimate of drug-likeness (QED) is 0.190. The molecule has 0 fully saturated rings. The Bertz CT molecular complexity index is 3150. The molecule has 0 atom stereocenters. The van der Waals surface area contributed by atoms with E-state index >= 15 is 0 Å². The maximum absolute atomic E-state index is 5.45. The second-order valence-corrected chi connectivity index (χ2v) is 14.0. The molecule has 3 heterocycles.